The molecule has 210 valence electrons. The SMILES string of the molecule is C[C@@H](O)CN1CC[C@@H](NC(=O)c2nnc(C(C)(C)C)o2)c2ccc(-c3ccnc(Nc4cnn(C)c4)n3)cc2C1. The van der Waals surface area contributed by atoms with E-state index in [4.69, 9.17) is 9.40 Å². The van der Waals surface area contributed by atoms with Gasteiger partial charge in [-0.15, -0.1) is 10.2 Å². The summed E-state index contributed by atoms with van der Waals surface area (Å²) in [6.45, 7) is 9.48. The highest BCUT2D eigenvalue weighted by atomic mass is 16.4. The van der Waals surface area contributed by atoms with Gasteiger partial charge in [0, 0.05) is 50.1 Å². The van der Waals surface area contributed by atoms with Crippen molar-refractivity contribution in [2.24, 2.45) is 7.05 Å². The van der Waals surface area contributed by atoms with Gasteiger partial charge in [-0.2, -0.15) is 5.10 Å². The van der Waals surface area contributed by atoms with E-state index in [1.165, 1.54) is 0 Å². The maximum Gasteiger partial charge on any atom is 0.309 e. The van der Waals surface area contributed by atoms with E-state index in [9.17, 15) is 9.90 Å². The number of fused-ring (bicyclic) bond motifs is 1. The number of anilines is 2. The smallest absolute Gasteiger partial charge is 0.309 e. The summed E-state index contributed by atoms with van der Waals surface area (Å²) in [7, 11) is 1.85. The molecular formula is C28H35N9O3. The number of nitrogens with one attached hydrogen (secondary N) is 2. The number of carbonyl (C=O) groups is 1. The lowest BCUT2D eigenvalue weighted by Gasteiger charge is -2.22. The summed E-state index contributed by atoms with van der Waals surface area (Å²) < 4.78 is 7.38. The lowest BCUT2D eigenvalue weighted by molar-refractivity contribution is 0.0889. The van der Waals surface area contributed by atoms with Crippen LogP contribution in [0.2, 0.25) is 0 Å². The van der Waals surface area contributed by atoms with Gasteiger partial charge in [0.05, 0.1) is 29.7 Å². The van der Waals surface area contributed by atoms with Gasteiger partial charge in [-0.05, 0) is 36.6 Å². The van der Waals surface area contributed by atoms with E-state index in [1.807, 2.05) is 52.2 Å². The predicted molar refractivity (Wildman–Crippen MR) is 149 cm³/mol. The van der Waals surface area contributed by atoms with Crippen LogP contribution in [0.4, 0.5) is 11.6 Å². The summed E-state index contributed by atoms with van der Waals surface area (Å²) in [6, 6.07) is 7.72. The van der Waals surface area contributed by atoms with Crippen molar-refractivity contribution < 1.29 is 14.3 Å². The zero-order chi connectivity index (χ0) is 28.4. The predicted octanol–water partition coefficient (Wildman–Crippen LogP) is 3.36. The number of aliphatic hydroxyl groups excluding tert-OH is 1. The third kappa shape index (κ3) is 6.35. The van der Waals surface area contributed by atoms with Crippen molar-refractivity contribution in [2.45, 2.75) is 58.2 Å². The second kappa shape index (κ2) is 11.1. The number of nitrogens with zero attached hydrogens (tertiary/aromatic N) is 7. The number of amides is 1. The van der Waals surface area contributed by atoms with Crippen LogP contribution in [0.1, 0.15) is 67.9 Å². The van der Waals surface area contributed by atoms with Gasteiger partial charge in [0.25, 0.3) is 0 Å². The zero-order valence-corrected chi connectivity index (χ0v) is 23.4. The minimum atomic E-state index is -0.477. The second-order valence-electron chi connectivity index (χ2n) is 11.3. The van der Waals surface area contributed by atoms with Crippen molar-refractivity contribution in [2.75, 3.05) is 18.4 Å². The van der Waals surface area contributed by atoms with E-state index in [-0.39, 0.29) is 17.3 Å². The van der Waals surface area contributed by atoms with E-state index < -0.39 is 12.0 Å². The van der Waals surface area contributed by atoms with Crippen LogP contribution in [0.5, 0.6) is 0 Å². The number of benzene rings is 1. The largest absolute Gasteiger partial charge is 0.416 e. The highest BCUT2D eigenvalue weighted by Crippen LogP contribution is 2.31. The highest BCUT2D eigenvalue weighted by molar-refractivity contribution is 5.89. The molecule has 0 bridgehead atoms. The first-order chi connectivity index (χ1) is 19.0. The standard InChI is InChI=1S/C28H35N9O3/c1-17(38)14-37-11-9-23(32-24(39)25-34-35-26(40-25)28(2,3)4)21-7-6-18(12-19(21)15-37)22-8-10-29-27(33-22)31-20-13-30-36(5)16-20/h6-8,10,12-13,16-17,23,38H,9,11,14-15H2,1-5H3,(H,32,39)(H,29,31,33)/t17-,23-/m1/s1. The molecule has 4 aromatic rings. The average molecular weight is 546 g/mol. The van der Waals surface area contributed by atoms with Crippen molar-refractivity contribution >= 4 is 17.5 Å². The first-order valence-corrected chi connectivity index (χ1v) is 13.3. The Labute approximate surface area is 232 Å². The Balaban J connectivity index is 1.42. The molecule has 1 aliphatic heterocycles. The van der Waals surface area contributed by atoms with E-state index in [1.54, 1.807) is 24.0 Å². The topological polar surface area (TPSA) is 147 Å². The summed E-state index contributed by atoms with van der Waals surface area (Å²) in [6.07, 6.45) is 5.46. The van der Waals surface area contributed by atoms with E-state index in [0.29, 0.717) is 37.9 Å². The maximum atomic E-state index is 13.1. The fourth-order valence-corrected chi connectivity index (χ4v) is 4.74. The molecule has 1 aliphatic rings. The second-order valence-corrected chi connectivity index (χ2v) is 11.3. The summed E-state index contributed by atoms with van der Waals surface area (Å²) in [4.78, 5) is 24.4. The summed E-state index contributed by atoms with van der Waals surface area (Å²) in [5, 5.41) is 28.6. The molecule has 0 unspecified atom stereocenters. The molecule has 5 rings (SSSR count). The maximum absolute atomic E-state index is 13.1. The first-order valence-electron chi connectivity index (χ1n) is 13.3. The van der Waals surface area contributed by atoms with Crippen molar-refractivity contribution in [3.8, 4) is 11.3 Å². The molecule has 0 saturated carbocycles. The average Bonchev–Trinajstić information content (AvgIpc) is 3.52. The lowest BCUT2D eigenvalue weighted by atomic mass is 9.96. The molecule has 0 fully saturated rings. The normalized spacial score (nSPS) is 16.7. The zero-order valence-electron chi connectivity index (χ0n) is 23.4. The van der Waals surface area contributed by atoms with Gasteiger partial charge in [-0.1, -0.05) is 32.9 Å². The van der Waals surface area contributed by atoms with Crippen molar-refractivity contribution in [1.29, 1.82) is 0 Å². The van der Waals surface area contributed by atoms with Gasteiger partial charge in [0.2, 0.25) is 11.8 Å². The molecule has 0 saturated heterocycles. The molecule has 0 aliphatic carbocycles. The molecular weight excluding hydrogens is 510 g/mol. The highest BCUT2D eigenvalue weighted by Gasteiger charge is 2.28. The Morgan fingerprint density at radius 3 is 2.77 bits per heavy atom. The van der Waals surface area contributed by atoms with Crippen LogP contribution in [0.25, 0.3) is 11.3 Å². The van der Waals surface area contributed by atoms with Gasteiger partial charge >= 0.3 is 11.8 Å². The van der Waals surface area contributed by atoms with E-state index >= 15 is 0 Å². The van der Waals surface area contributed by atoms with Crippen molar-refractivity contribution in [3.63, 3.8) is 0 Å². The molecule has 4 heterocycles. The summed E-state index contributed by atoms with van der Waals surface area (Å²) in [5.41, 5.74) is 4.17. The van der Waals surface area contributed by atoms with Crippen molar-refractivity contribution in [1.82, 2.24) is 40.2 Å². The third-order valence-electron chi connectivity index (χ3n) is 6.65. The van der Waals surface area contributed by atoms with Gasteiger partial charge in [-0.25, -0.2) is 9.97 Å². The van der Waals surface area contributed by atoms with Crippen LogP contribution in [0, 0.1) is 0 Å². The molecule has 2 atom stereocenters. The third-order valence-corrected chi connectivity index (χ3v) is 6.65. The number of aliphatic hydroxyl groups is 1. The minimum absolute atomic E-state index is 0.0530. The molecule has 12 heteroatoms. The van der Waals surface area contributed by atoms with Crippen molar-refractivity contribution in [3.05, 3.63) is 65.8 Å². The quantitative estimate of drug-likeness (QED) is 0.316. The van der Waals surface area contributed by atoms with Crippen LogP contribution in [-0.4, -0.2) is 65.1 Å². The van der Waals surface area contributed by atoms with E-state index in [0.717, 1.165) is 28.1 Å². The Morgan fingerprint density at radius 1 is 1.25 bits per heavy atom. The lowest BCUT2D eigenvalue weighted by Crippen LogP contribution is -2.32. The summed E-state index contributed by atoms with van der Waals surface area (Å²) in [5.74, 6) is 0.418. The number of hydrogen-bond acceptors (Lipinski definition) is 10. The number of β-amino-alcohol motifs (C(OH)–C–C–N with tert-alkyl or cyclic N) is 1. The summed E-state index contributed by atoms with van der Waals surface area (Å²) >= 11 is 0. The van der Waals surface area contributed by atoms with E-state index in [2.05, 4.69) is 41.9 Å². The van der Waals surface area contributed by atoms with Crippen LogP contribution in [0.3, 0.4) is 0 Å². The number of aryl methyl sites for hydroxylation is 1. The first kappa shape index (κ1) is 27.4. The fraction of sp³-hybridized carbons (Fsp3) is 0.429. The van der Waals surface area contributed by atoms with Crippen LogP contribution >= 0.6 is 0 Å². The number of rotatable bonds is 7. The van der Waals surface area contributed by atoms with Gasteiger partial charge in [-0.3, -0.25) is 14.4 Å². The van der Waals surface area contributed by atoms with Gasteiger partial charge < -0.3 is 20.2 Å². The van der Waals surface area contributed by atoms with Crippen LogP contribution in [-0.2, 0) is 19.0 Å². The molecule has 0 spiro atoms. The molecule has 1 amide bonds. The number of carbonyl (C=O) groups excluding carboxylic acids is 1. The van der Waals surface area contributed by atoms with Crippen LogP contribution in [0.15, 0.2) is 47.3 Å². The minimum Gasteiger partial charge on any atom is -0.416 e. The molecule has 0 radical (unpaired) electrons. The van der Waals surface area contributed by atoms with Gasteiger partial charge in [0.15, 0.2) is 0 Å². The molecule has 3 aromatic heterocycles. The molecule has 12 nitrogen and oxygen atoms in total. The Bertz CT molecular complexity index is 1490. The molecule has 3 N–H and O–H groups in total. The Hall–Kier alpha value is -4.16. The Morgan fingerprint density at radius 2 is 2.08 bits per heavy atom. The van der Waals surface area contributed by atoms with Crippen LogP contribution < -0.4 is 10.6 Å². The van der Waals surface area contributed by atoms with Gasteiger partial charge in [0.1, 0.15) is 0 Å². The Kier molecular flexibility index (Phi) is 7.63. The number of hydrogen-bond donors (Lipinski definition) is 3. The monoisotopic (exact) mass is 545 g/mol. The molecule has 1 aromatic carbocycles. The number of aromatic nitrogens is 6. The fourth-order valence-electron chi connectivity index (χ4n) is 4.74. The molecule has 40 heavy (non-hydrogen) atoms.